The molecule has 0 aliphatic heterocycles. The Labute approximate surface area is 94.7 Å². The number of benzene rings is 1. The molecule has 0 fully saturated rings. The molecule has 1 aromatic heterocycles. The highest BCUT2D eigenvalue weighted by Crippen LogP contribution is 2.12. The quantitative estimate of drug-likeness (QED) is 0.724. The summed E-state index contributed by atoms with van der Waals surface area (Å²) in [5.74, 6) is -0.238. The number of hydrogen-bond acceptors (Lipinski definition) is 2. The maximum absolute atomic E-state index is 11.6. The van der Waals surface area contributed by atoms with Gasteiger partial charge < -0.3 is 4.42 Å². The van der Waals surface area contributed by atoms with Gasteiger partial charge in [-0.15, -0.1) is 0 Å². The van der Waals surface area contributed by atoms with Crippen LogP contribution in [0.4, 0.5) is 0 Å². The summed E-state index contributed by atoms with van der Waals surface area (Å²) in [6.07, 6.45) is 4.64. The first kappa shape index (κ1) is 11.0. The molecule has 3 nitrogen and oxygen atoms in total. The van der Waals surface area contributed by atoms with Gasteiger partial charge in [0.2, 0.25) is 0 Å². The molecule has 16 heavy (non-hydrogen) atoms. The van der Waals surface area contributed by atoms with E-state index in [0.717, 1.165) is 18.5 Å². The molecular weight excluding hydrogens is 202 g/mol. The molecule has 0 unspecified atom stereocenters. The van der Waals surface area contributed by atoms with E-state index in [2.05, 4.69) is 6.92 Å². The van der Waals surface area contributed by atoms with Gasteiger partial charge in [0.15, 0.2) is 5.58 Å². The minimum absolute atomic E-state index is 0.238. The normalized spacial score (nSPS) is 11.1. The molecule has 1 heterocycles. The highest BCUT2D eigenvalue weighted by atomic mass is 16.4. The van der Waals surface area contributed by atoms with Crippen molar-refractivity contribution in [2.24, 2.45) is 0 Å². The lowest BCUT2D eigenvalue weighted by atomic mass is 10.2. The smallest absolute Gasteiger partial charge is 0.408 e. The lowest BCUT2D eigenvalue weighted by molar-refractivity contribution is 0.488. The highest BCUT2D eigenvalue weighted by molar-refractivity contribution is 5.72. The molecular formula is C13H17NO2. The van der Waals surface area contributed by atoms with Gasteiger partial charge >= 0.3 is 5.76 Å². The Hall–Kier alpha value is -1.51. The first-order valence-corrected chi connectivity index (χ1v) is 5.91. The summed E-state index contributed by atoms with van der Waals surface area (Å²) in [6, 6.07) is 7.58. The van der Waals surface area contributed by atoms with E-state index in [0.29, 0.717) is 5.58 Å². The van der Waals surface area contributed by atoms with Crippen LogP contribution in [0.2, 0.25) is 0 Å². The van der Waals surface area contributed by atoms with Crippen molar-refractivity contribution in [2.75, 3.05) is 0 Å². The molecule has 0 N–H and O–H groups in total. The van der Waals surface area contributed by atoms with Crippen LogP contribution in [-0.2, 0) is 6.54 Å². The van der Waals surface area contributed by atoms with Crippen molar-refractivity contribution in [3.8, 4) is 0 Å². The van der Waals surface area contributed by atoms with E-state index in [1.165, 1.54) is 19.3 Å². The molecule has 0 aliphatic rings. The minimum atomic E-state index is -0.238. The van der Waals surface area contributed by atoms with Crippen LogP contribution in [0, 0.1) is 0 Å². The number of rotatable bonds is 5. The second-order valence-corrected chi connectivity index (χ2v) is 4.05. The molecule has 0 spiro atoms. The average Bonchev–Trinajstić information content (AvgIpc) is 2.61. The maximum atomic E-state index is 11.6. The first-order valence-electron chi connectivity index (χ1n) is 5.91. The second kappa shape index (κ2) is 5.01. The van der Waals surface area contributed by atoms with Crippen molar-refractivity contribution in [1.29, 1.82) is 0 Å². The molecule has 0 aliphatic carbocycles. The van der Waals surface area contributed by atoms with E-state index in [9.17, 15) is 4.79 Å². The summed E-state index contributed by atoms with van der Waals surface area (Å²) in [7, 11) is 0. The topological polar surface area (TPSA) is 35.1 Å². The van der Waals surface area contributed by atoms with Crippen LogP contribution in [-0.4, -0.2) is 4.57 Å². The van der Waals surface area contributed by atoms with Gasteiger partial charge in [-0.05, 0) is 18.6 Å². The molecule has 0 amide bonds. The second-order valence-electron chi connectivity index (χ2n) is 4.05. The molecule has 2 aromatic rings. The Morgan fingerprint density at radius 1 is 1.19 bits per heavy atom. The third-order valence-corrected chi connectivity index (χ3v) is 2.81. The predicted molar refractivity (Wildman–Crippen MR) is 64.6 cm³/mol. The largest absolute Gasteiger partial charge is 0.419 e. The van der Waals surface area contributed by atoms with Crippen LogP contribution in [0.15, 0.2) is 33.5 Å². The van der Waals surface area contributed by atoms with Gasteiger partial charge in [-0.2, -0.15) is 0 Å². The van der Waals surface area contributed by atoms with Crippen molar-refractivity contribution in [3.63, 3.8) is 0 Å². The molecule has 2 rings (SSSR count). The van der Waals surface area contributed by atoms with E-state index in [-0.39, 0.29) is 5.76 Å². The number of aromatic nitrogens is 1. The van der Waals surface area contributed by atoms with E-state index in [1.807, 2.05) is 24.3 Å². The number of para-hydroxylation sites is 2. The number of aryl methyl sites for hydroxylation is 1. The summed E-state index contributed by atoms with van der Waals surface area (Å²) in [5.41, 5.74) is 1.59. The summed E-state index contributed by atoms with van der Waals surface area (Å²) in [6.45, 7) is 2.94. The fourth-order valence-corrected chi connectivity index (χ4v) is 1.92. The van der Waals surface area contributed by atoms with E-state index < -0.39 is 0 Å². The van der Waals surface area contributed by atoms with Gasteiger partial charge in [-0.1, -0.05) is 38.3 Å². The Balaban J connectivity index is 2.16. The molecule has 3 heteroatoms. The predicted octanol–water partition coefficient (Wildman–Crippen LogP) is 3.17. The van der Waals surface area contributed by atoms with Gasteiger partial charge in [0.1, 0.15) is 0 Å². The van der Waals surface area contributed by atoms with Crippen LogP contribution >= 0.6 is 0 Å². The summed E-state index contributed by atoms with van der Waals surface area (Å²) in [4.78, 5) is 11.6. The van der Waals surface area contributed by atoms with Crippen LogP contribution in [0.1, 0.15) is 32.6 Å². The molecule has 0 radical (unpaired) electrons. The molecule has 1 aromatic carbocycles. The highest BCUT2D eigenvalue weighted by Gasteiger charge is 2.06. The molecule has 0 saturated heterocycles. The third kappa shape index (κ3) is 2.18. The van der Waals surface area contributed by atoms with Gasteiger partial charge in [-0.3, -0.25) is 4.57 Å². The number of oxazole rings is 1. The fraction of sp³-hybridized carbons (Fsp3) is 0.462. The Morgan fingerprint density at radius 3 is 2.81 bits per heavy atom. The SMILES string of the molecule is CCCCCCn1c(=O)oc2ccccc21. The van der Waals surface area contributed by atoms with Crippen molar-refractivity contribution in [1.82, 2.24) is 4.57 Å². The molecule has 86 valence electrons. The number of nitrogens with zero attached hydrogens (tertiary/aromatic N) is 1. The number of unbranched alkanes of at least 4 members (excludes halogenated alkanes) is 3. The zero-order valence-electron chi connectivity index (χ0n) is 9.61. The number of fused-ring (bicyclic) bond motifs is 1. The Bertz CT molecular complexity index is 510. The third-order valence-electron chi connectivity index (χ3n) is 2.81. The Kier molecular flexibility index (Phi) is 3.44. The number of hydrogen-bond donors (Lipinski definition) is 0. The summed E-state index contributed by atoms with van der Waals surface area (Å²) in [5, 5.41) is 0. The van der Waals surface area contributed by atoms with Crippen LogP contribution in [0.5, 0.6) is 0 Å². The standard InChI is InChI=1S/C13H17NO2/c1-2-3-4-7-10-14-11-8-5-6-9-12(11)16-13(14)15/h5-6,8-9H,2-4,7,10H2,1H3. The lowest BCUT2D eigenvalue weighted by Gasteiger charge is -2.01. The van der Waals surface area contributed by atoms with Crippen molar-refractivity contribution in [2.45, 2.75) is 39.2 Å². The average molecular weight is 219 g/mol. The maximum Gasteiger partial charge on any atom is 0.419 e. The monoisotopic (exact) mass is 219 g/mol. The van der Waals surface area contributed by atoms with Gasteiger partial charge in [-0.25, -0.2) is 4.79 Å². The summed E-state index contributed by atoms with van der Waals surface area (Å²) < 4.78 is 6.89. The zero-order chi connectivity index (χ0) is 11.4. The van der Waals surface area contributed by atoms with E-state index in [4.69, 9.17) is 4.42 Å². The zero-order valence-corrected chi connectivity index (χ0v) is 9.61. The van der Waals surface area contributed by atoms with Crippen molar-refractivity contribution < 1.29 is 4.42 Å². The summed E-state index contributed by atoms with van der Waals surface area (Å²) >= 11 is 0. The molecule has 0 saturated carbocycles. The van der Waals surface area contributed by atoms with E-state index >= 15 is 0 Å². The van der Waals surface area contributed by atoms with Crippen molar-refractivity contribution in [3.05, 3.63) is 34.8 Å². The molecule has 0 atom stereocenters. The van der Waals surface area contributed by atoms with Gasteiger partial charge in [0, 0.05) is 6.54 Å². The van der Waals surface area contributed by atoms with E-state index in [1.54, 1.807) is 4.57 Å². The van der Waals surface area contributed by atoms with Crippen molar-refractivity contribution >= 4 is 11.1 Å². The minimum Gasteiger partial charge on any atom is -0.408 e. The Morgan fingerprint density at radius 2 is 2.00 bits per heavy atom. The van der Waals surface area contributed by atoms with Gasteiger partial charge in [0.05, 0.1) is 5.52 Å². The lowest BCUT2D eigenvalue weighted by Crippen LogP contribution is -2.13. The molecule has 0 bridgehead atoms. The van der Waals surface area contributed by atoms with Crippen LogP contribution in [0.25, 0.3) is 11.1 Å². The fourth-order valence-electron chi connectivity index (χ4n) is 1.92. The first-order chi connectivity index (χ1) is 7.83. The van der Waals surface area contributed by atoms with Gasteiger partial charge in [0.25, 0.3) is 0 Å². The van der Waals surface area contributed by atoms with Crippen LogP contribution < -0.4 is 5.76 Å². The van der Waals surface area contributed by atoms with Crippen LogP contribution in [0.3, 0.4) is 0 Å².